The van der Waals surface area contributed by atoms with Gasteiger partial charge in [-0.15, -0.1) is 0 Å². The Morgan fingerprint density at radius 1 is 1.00 bits per heavy atom. The number of halogens is 4. The fraction of sp³-hybridized carbons (Fsp3) is 0.0625. The third-order valence-electron chi connectivity index (χ3n) is 3.25. The molecule has 0 spiro atoms. The Morgan fingerprint density at radius 3 is 2.44 bits per heavy atom. The third kappa shape index (κ3) is 3.49. The summed E-state index contributed by atoms with van der Waals surface area (Å²) in [5, 5.41) is 5.92. The standard InChI is InChI=1S/C16H9F4N3O2/c17-9-3-1-8(2-4-9)15-22-12(25-23-15)7-21-16(24)10-5-6-11(18)14(20)13(10)19/h1-6H,7H2,(H,21,24). The predicted molar refractivity (Wildman–Crippen MR) is 77.2 cm³/mol. The number of carbonyl (C=O) groups is 1. The summed E-state index contributed by atoms with van der Waals surface area (Å²) in [6.07, 6.45) is 0. The van der Waals surface area contributed by atoms with Gasteiger partial charge in [0.2, 0.25) is 11.7 Å². The lowest BCUT2D eigenvalue weighted by atomic mass is 10.2. The zero-order valence-electron chi connectivity index (χ0n) is 12.4. The molecule has 0 fully saturated rings. The number of aromatic nitrogens is 2. The number of carbonyl (C=O) groups excluding carboxylic acids is 1. The summed E-state index contributed by atoms with van der Waals surface area (Å²) in [6, 6.07) is 6.80. The Bertz CT molecular complexity index is 926. The summed E-state index contributed by atoms with van der Waals surface area (Å²) in [6.45, 7) is -0.258. The van der Waals surface area contributed by atoms with Crippen molar-refractivity contribution >= 4 is 5.91 Å². The van der Waals surface area contributed by atoms with E-state index in [-0.39, 0.29) is 18.3 Å². The average Bonchev–Trinajstić information content (AvgIpc) is 3.07. The monoisotopic (exact) mass is 351 g/mol. The van der Waals surface area contributed by atoms with Crippen LogP contribution in [0.25, 0.3) is 11.4 Å². The molecule has 128 valence electrons. The first-order valence-corrected chi connectivity index (χ1v) is 6.96. The smallest absolute Gasteiger partial charge is 0.254 e. The molecule has 0 atom stereocenters. The van der Waals surface area contributed by atoms with Crippen molar-refractivity contribution in [2.45, 2.75) is 6.54 Å². The maximum Gasteiger partial charge on any atom is 0.254 e. The van der Waals surface area contributed by atoms with Gasteiger partial charge in [-0.25, -0.2) is 17.6 Å². The maximum atomic E-state index is 13.5. The second-order valence-corrected chi connectivity index (χ2v) is 4.92. The van der Waals surface area contributed by atoms with Crippen LogP contribution in [-0.4, -0.2) is 16.0 Å². The zero-order chi connectivity index (χ0) is 18.0. The van der Waals surface area contributed by atoms with Crippen molar-refractivity contribution in [1.82, 2.24) is 15.5 Å². The van der Waals surface area contributed by atoms with Crippen LogP contribution in [0.2, 0.25) is 0 Å². The van der Waals surface area contributed by atoms with E-state index in [0.29, 0.717) is 11.6 Å². The highest BCUT2D eigenvalue weighted by molar-refractivity contribution is 5.94. The first kappa shape index (κ1) is 16.6. The largest absolute Gasteiger partial charge is 0.343 e. The lowest BCUT2D eigenvalue weighted by Gasteiger charge is -2.04. The van der Waals surface area contributed by atoms with E-state index in [9.17, 15) is 22.4 Å². The molecule has 0 aliphatic heterocycles. The van der Waals surface area contributed by atoms with E-state index in [0.717, 1.165) is 6.07 Å². The van der Waals surface area contributed by atoms with Gasteiger partial charge in [0.1, 0.15) is 5.82 Å². The lowest BCUT2D eigenvalue weighted by Crippen LogP contribution is -2.24. The minimum atomic E-state index is -1.73. The highest BCUT2D eigenvalue weighted by Gasteiger charge is 2.19. The molecular formula is C16H9F4N3O2. The number of nitrogens with one attached hydrogen (secondary N) is 1. The Balaban J connectivity index is 1.69. The third-order valence-corrected chi connectivity index (χ3v) is 3.25. The van der Waals surface area contributed by atoms with Gasteiger partial charge < -0.3 is 9.84 Å². The number of amides is 1. The molecule has 25 heavy (non-hydrogen) atoms. The fourth-order valence-corrected chi connectivity index (χ4v) is 2.00. The topological polar surface area (TPSA) is 68.0 Å². The Labute approximate surface area is 138 Å². The summed E-state index contributed by atoms with van der Waals surface area (Å²) in [7, 11) is 0. The second-order valence-electron chi connectivity index (χ2n) is 4.92. The number of hydrogen-bond donors (Lipinski definition) is 1. The van der Waals surface area contributed by atoms with Crippen LogP contribution in [0.5, 0.6) is 0 Å². The molecule has 9 heteroatoms. The highest BCUT2D eigenvalue weighted by Crippen LogP contribution is 2.17. The summed E-state index contributed by atoms with van der Waals surface area (Å²) in [5.74, 6) is -5.95. The van der Waals surface area contributed by atoms with Crippen LogP contribution >= 0.6 is 0 Å². The van der Waals surface area contributed by atoms with Crippen molar-refractivity contribution < 1.29 is 26.9 Å². The molecule has 0 radical (unpaired) electrons. The van der Waals surface area contributed by atoms with Crippen LogP contribution in [0.1, 0.15) is 16.2 Å². The quantitative estimate of drug-likeness (QED) is 0.579. The number of nitrogens with zero attached hydrogens (tertiary/aromatic N) is 2. The van der Waals surface area contributed by atoms with E-state index in [1.165, 1.54) is 24.3 Å². The van der Waals surface area contributed by atoms with Crippen LogP contribution in [0.15, 0.2) is 40.9 Å². The molecule has 0 unspecified atom stereocenters. The fourth-order valence-electron chi connectivity index (χ4n) is 2.00. The van der Waals surface area contributed by atoms with Crippen LogP contribution in [0.4, 0.5) is 17.6 Å². The van der Waals surface area contributed by atoms with Crippen molar-refractivity contribution in [1.29, 1.82) is 0 Å². The maximum absolute atomic E-state index is 13.5. The zero-order valence-corrected chi connectivity index (χ0v) is 12.4. The Morgan fingerprint density at radius 2 is 1.72 bits per heavy atom. The molecule has 1 amide bonds. The molecule has 1 N–H and O–H groups in total. The number of benzene rings is 2. The Kier molecular flexibility index (Phi) is 4.46. The van der Waals surface area contributed by atoms with Crippen molar-refractivity contribution in [3.8, 4) is 11.4 Å². The first-order chi connectivity index (χ1) is 12.0. The molecule has 1 heterocycles. The van der Waals surface area contributed by atoms with Crippen LogP contribution < -0.4 is 5.32 Å². The Hall–Kier alpha value is -3.23. The van der Waals surface area contributed by atoms with Gasteiger partial charge in [-0.3, -0.25) is 4.79 Å². The van der Waals surface area contributed by atoms with E-state index >= 15 is 0 Å². The normalized spacial score (nSPS) is 10.7. The van der Waals surface area contributed by atoms with E-state index in [1.54, 1.807) is 0 Å². The van der Waals surface area contributed by atoms with Crippen molar-refractivity contribution in [3.05, 3.63) is 71.1 Å². The van der Waals surface area contributed by atoms with Gasteiger partial charge in [0.15, 0.2) is 17.5 Å². The van der Waals surface area contributed by atoms with Gasteiger partial charge in [0.25, 0.3) is 5.91 Å². The summed E-state index contributed by atoms with van der Waals surface area (Å²) < 4.78 is 57.3. The van der Waals surface area contributed by atoms with Gasteiger partial charge in [-0.05, 0) is 36.4 Å². The summed E-state index contributed by atoms with van der Waals surface area (Å²) in [4.78, 5) is 15.8. The molecular weight excluding hydrogens is 342 g/mol. The van der Waals surface area contributed by atoms with Crippen LogP contribution in [0, 0.1) is 23.3 Å². The second kappa shape index (κ2) is 6.71. The van der Waals surface area contributed by atoms with Gasteiger partial charge in [0.05, 0.1) is 12.1 Å². The predicted octanol–water partition coefficient (Wildman–Crippen LogP) is 3.22. The van der Waals surface area contributed by atoms with E-state index in [1.807, 2.05) is 0 Å². The molecule has 3 rings (SSSR count). The molecule has 0 saturated heterocycles. The molecule has 2 aromatic carbocycles. The van der Waals surface area contributed by atoms with Crippen molar-refractivity contribution in [2.75, 3.05) is 0 Å². The molecule has 3 aromatic rings. The van der Waals surface area contributed by atoms with Gasteiger partial charge in [0, 0.05) is 5.56 Å². The molecule has 0 aliphatic rings. The minimum absolute atomic E-state index is 0.00401. The SMILES string of the molecule is O=C(NCc1nc(-c2ccc(F)cc2)no1)c1ccc(F)c(F)c1F. The summed E-state index contributed by atoms with van der Waals surface area (Å²) in [5.41, 5.74) is -0.161. The average molecular weight is 351 g/mol. The molecule has 5 nitrogen and oxygen atoms in total. The van der Waals surface area contributed by atoms with Gasteiger partial charge >= 0.3 is 0 Å². The highest BCUT2D eigenvalue weighted by atomic mass is 19.2. The van der Waals surface area contributed by atoms with E-state index in [4.69, 9.17) is 4.52 Å². The van der Waals surface area contributed by atoms with E-state index < -0.39 is 34.7 Å². The minimum Gasteiger partial charge on any atom is -0.343 e. The molecule has 0 saturated carbocycles. The molecule has 0 bridgehead atoms. The van der Waals surface area contributed by atoms with Crippen LogP contribution in [-0.2, 0) is 6.54 Å². The molecule has 1 aromatic heterocycles. The van der Waals surface area contributed by atoms with Gasteiger partial charge in [-0.1, -0.05) is 5.16 Å². The van der Waals surface area contributed by atoms with Crippen molar-refractivity contribution in [2.24, 2.45) is 0 Å². The number of hydrogen-bond acceptors (Lipinski definition) is 4. The first-order valence-electron chi connectivity index (χ1n) is 6.96. The van der Waals surface area contributed by atoms with Crippen LogP contribution in [0.3, 0.4) is 0 Å². The summed E-state index contributed by atoms with van der Waals surface area (Å²) >= 11 is 0. The van der Waals surface area contributed by atoms with E-state index in [2.05, 4.69) is 15.5 Å². The van der Waals surface area contributed by atoms with Gasteiger partial charge in [-0.2, -0.15) is 4.98 Å². The molecule has 0 aliphatic carbocycles. The number of rotatable bonds is 4. The lowest BCUT2D eigenvalue weighted by molar-refractivity contribution is 0.0941. The van der Waals surface area contributed by atoms with Crippen molar-refractivity contribution in [3.63, 3.8) is 0 Å².